The van der Waals surface area contributed by atoms with Crippen LogP contribution in [0.3, 0.4) is 0 Å². The van der Waals surface area contributed by atoms with Crippen molar-refractivity contribution >= 4 is 17.9 Å². The van der Waals surface area contributed by atoms with Crippen LogP contribution in [0, 0.1) is 0 Å². The maximum absolute atomic E-state index is 12.6. The molecule has 7 heteroatoms. The number of likely N-dealkylation sites (tertiary alicyclic amines) is 1. The highest BCUT2D eigenvalue weighted by molar-refractivity contribution is 8.08. The zero-order valence-corrected chi connectivity index (χ0v) is 16.6. The molecule has 0 saturated carbocycles. The molecule has 2 aromatic rings. The number of rotatable bonds is 1. The number of benzene rings is 1. The minimum absolute atomic E-state index is 0.0878. The fraction of sp³-hybridized carbons (Fsp3) is 0.500. The van der Waals surface area contributed by atoms with Crippen molar-refractivity contribution in [1.82, 2.24) is 14.9 Å². The van der Waals surface area contributed by atoms with Crippen LogP contribution in [0.15, 0.2) is 24.3 Å². The number of para-hydroxylation sites is 1. The van der Waals surface area contributed by atoms with Gasteiger partial charge in [0.25, 0.3) is 0 Å². The Bertz CT molecular complexity index is 919. The highest BCUT2D eigenvalue weighted by Crippen LogP contribution is 2.66. The molecule has 1 aromatic carbocycles. The van der Waals surface area contributed by atoms with Gasteiger partial charge in [-0.1, -0.05) is 12.1 Å². The number of H-pyrrole nitrogens is 1. The highest BCUT2D eigenvalue weighted by atomic mass is 32.2. The molecule has 3 aliphatic heterocycles. The average molecular weight is 385 g/mol. The molecule has 2 saturated heterocycles. The number of nitrogens with zero attached hydrogens (tertiary/aromatic N) is 2. The van der Waals surface area contributed by atoms with Crippen molar-refractivity contribution in [3.05, 3.63) is 35.8 Å². The summed E-state index contributed by atoms with van der Waals surface area (Å²) < 4.78 is 11.3. The van der Waals surface area contributed by atoms with Crippen LogP contribution < -0.4 is 4.74 Å². The molecule has 3 aliphatic rings. The first kappa shape index (κ1) is 17.0. The van der Waals surface area contributed by atoms with Gasteiger partial charge in [0, 0.05) is 12.1 Å². The lowest BCUT2D eigenvalue weighted by Crippen LogP contribution is -2.44. The monoisotopic (exact) mass is 385 g/mol. The van der Waals surface area contributed by atoms with Crippen LogP contribution in [0.2, 0.25) is 0 Å². The lowest BCUT2D eigenvalue weighted by atomic mass is 9.97. The van der Waals surface area contributed by atoms with Gasteiger partial charge in [0.15, 0.2) is 0 Å². The lowest BCUT2D eigenvalue weighted by molar-refractivity contribution is 0.0188. The molecule has 0 aliphatic carbocycles. The second-order valence-corrected chi connectivity index (χ2v) is 9.75. The average Bonchev–Trinajstić information content (AvgIpc) is 3.22. The topological polar surface area (TPSA) is 67.5 Å². The van der Waals surface area contributed by atoms with Gasteiger partial charge in [0.1, 0.15) is 33.9 Å². The number of fused-ring (bicyclic) bond motifs is 4. The number of imidazole rings is 1. The van der Waals surface area contributed by atoms with Crippen LogP contribution in [0.25, 0.3) is 11.3 Å². The van der Waals surface area contributed by atoms with Crippen molar-refractivity contribution in [2.45, 2.75) is 55.9 Å². The Labute approximate surface area is 162 Å². The number of ether oxygens (including phenoxy) is 2. The number of nitrogens with one attached hydrogen (secondary N) is 1. The van der Waals surface area contributed by atoms with E-state index in [9.17, 15) is 4.79 Å². The van der Waals surface area contributed by atoms with Crippen molar-refractivity contribution in [2.75, 3.05) is 6.54 Å². The highest BCUT2D eigenvalue weighted by Gasteiger charge is 2.65. The number of thioether (sulfide) groups is 1. The summed E-state index contributed by atoms with van der Waals surface area (Å²) in [6, 6.07) is 8.00. The van der Waals surface area contributed by atoms with Gasteiger partial charge in [0.2, 0.25) is 0 Å². The first-order chi connectivity index (χ1) is 12.9. The predicted octanol–water partition coefficient (Wildman–Crippen LogP) is 4.27. The van der Waals surface area contributed by atoms with E-state index in [1.165, 1.54) is 0 Å². The Morgan fingerprint density at radius 3 is 3.04 bits per heavy atom. The molecule has 2 fully saturated rings. The fourth-order valence-corrected chi connectivity index (χ4v) is 5.44. The molecular weight excluding hydrogens is 362 g/mol. The smallest absolute Gasteiger partial charge is 0.411 e. The molecule has 0 spiro atoms. The third-order valence-electron chi connectivity index (χ3n) is 5.22. The summed E-state index contributed by atoms with van der Waals surface area (Å²) in [6.45, 7) is 6.95. The summed E-state index contributed by atoms with van der Waals surface area (Å²) in [7, 11) is 0. The summed E-state index contributed by atoms with van der Waals surface area (Å²) in [6.07, 6.45) is 1.73. The minimum atomic E-state index is -0.485. The third-order valence-corrected chi connectivity index (χ3v) is 6.88. The number of carbonyl (C=O) groups is 1. The van der Waals surface area contributed by atoms with Crippen molar-refractivity contribution in [1.29, 1.82) is 0 Å². The van der Waals surface area contributed by atoms with E-state index in [0.717, 1.165) is 47.9 Å². The Morgan fingerprint density at radius 1 is 1.41 bits per heavy atom. The van der Waals surface area contributed by atoms with Crippen LogP contribution in [0.5, 0.6) is 5.75 Å². The zero-order chi connectivity index (χ0) is 18.8. The van der Waals surface area contributed by atoms with Gasteiger partial charge in [-0.2, -0.15) is 0 Å². The number of hydrogen-bond donors (Lipinski definition) is 1. The predicted molar refractivity (Wildman–Crippen MR) is 104 cm³/mol. The van der Waals surface area contributed by atoms with Gasteiger partial charge in [0.05, 0.1) is 11.4 Å². The van der Waals surface area contributed by atoms with E-state index < -0.39 is 5.60 Å². The lowest BCUT2D eigenvalue weighted by Gasteiger charge is -2.31. The standard InChI is InChI=1S/C20H23N3O3S/c1-19(2,3)26-18(24)23-10-6-9-20(17(23)27-20)16-21-13-11-25-14-8-5-4-7-12(14)15(13)22-16/h4-5,7-8,17H,6,9-11H2,1-3H3,(H,21,22). The summed E-state index contributed by atoms with van der Waals surface area (Å²) in [5.74, 6) is 1.83. The van der Waals surface area contributed by atoms with E-state index in [1.54, 1.807) is 11.8 Å². The van der Waals surface area contributed by atoms with E-state index in [-0.39, 0.29) is 16.2 Å². The second-order valence-electron chi connectivity index (χ2n) is 8.33. The first-order valence-electron chi connectivity index (χ1n) is 9.36. The van der Waals surface area contributed by atoms with E-state index >= 15 is 0 Å². The fourth-order valence-electron chi connectivity index (χ4n) is 3.97. The Balaban J connectivity index is 1.44. The molecule has 142 valence electrons. The molecule has 27 heavy (non-hydrogen) atoms. The molecule has 6 nitrogen and oxygen atoms in total. The zero-order valence-electron chi connectivity index (χ0n) is 15.7. The van der Waals surface area contributed by atoms with Gasteiger partial charge >= 0.3 is 6.09 Å². The quantitative estimate of drug-likeness (QED) is 0.743. The summed E-state index contributed by atoms with van der Waals surface area (Å²) in [5.41, 5.74) is 2.53. The van der Waals surface area contributed by atoms with Crippen molar-refractivity contribution < 1.29 is 14.3 Å². The Kier molecular flexibility index (Phi) is 3.57. The van der Waals surface area contributed by atoms with Crippen LogP contribution >= 0.6 is 11.8 Å². The molecule has 2 atom stereocenters. The van der Waals surface area contributed by atoms with Crippen molar-refractivity contribution in [2.24, 2.45) is 0 Å². The summed E-state index contributed by atoms with van der Waals surface area (Å²) >= 11 is 1.80. The largest absolute Gasteiger partial charge is 0.487 e. The molecule has 1 aromatic heterocycles. The number of aromatic nitrogens is 2. The molecule has 2 unspecified atom stereocenters. The van der Waals surface area contributed by atoms with Crippen molar-refractivity contribution in [3.63, 3.8) is 0 Å². The SMILES string of the molecule is CC(C)(C)OC(=O)N1CCCC2(c3nc4c([nH]3)COc3ccccc3-4)SC12. The molecule has 0 bridgehead atoms. The van der Waals surface area contributed by atoms with Crippen LogP contribution in [0.4, 0.5) is 4.79 Å². The number of aromatic amines is 1. The van der Waals surface area contributed by atoms with Crippen LogP contribution in [0.1, 0.15) is 45.1 Å². The molecule has 4 heterocycles. The van der Waals surface area contributed by atoms with Gasteiger partial charge in [-0.25, -0.2) is 9.78 Å². The molecule has 1 amide bonds. The first-order valence-corrected chi connectivity index (χ1v) is 10.2. The van der Waals surface area contributed by atoms with Gasteiger partial charge in [-0.3, -0.25) is 4.90 Å². The molecule has 5 rings (SSSR count). The maximum atomic E-state index is 12.6. The Hall–Kier alpha value is -2.15. The van der Waals surface area contributed by atoms with Gasteiger partial charge < -0.3 is 14.5 Å². The van der Waals surface area contributed by atoms with E-state index in [0.29, 0.717) is 6.61 Å². The number of carbonyl (C=O) groups excluding carboxylic acids is 1. The van der Waals surface area contributed by atoms with Gasteiger partial charge in [-0.15, -0.1) is 11.8 Å². The molecule has 0 radical (unpaired) electrons. The summed E-state index contributed by atoms with van der Waals surface area (Å²) in [5, 5.41) is 0.0878. The number of hydrogen-bond acceptors (Lipinski definition) is 5. The van der Waals surface area contributed by atoms with E-state index in [4.69, 9.17) is 14.5 Å². The molecular formula is C20H23N3O3S. The van der Waals surface area contributed by atoms with E-state index in [1.807, 2.05) is 49.9 Å². The molecule has 1 N–H and O–H groups in total. The second kappa shape index (κ2) is 5.67. The number of amides is 1. The number of piperidine rings is 1. The van der Waals surface area contributed by atoms with Crippen LogP contribution in [-0.4, -0.2) is 38.5 Å². The summed E-state index contributed by atoms with van der Waals surface area (Å²) in [4.78, 5) is 22.9. The van der Waals surface area contributed by atoms with E-state index in [2.05, 4.69) is 4.98 Å². The van der Waals surface area contributed by atoms with Crippen molar-refractivity contribution in [3.8, 4) is 17.0 Å². The third kappa shape index (κ3) is 2.71. The van der Waals surface area contributed by atoms with Crippen LogP contribution in [-0.2, 0) is 16.1 Å². The normalized spacial score (nSPS) is 25.7. The van der Waals surface area contributed by atoms with Gasteiger partial charge in [-0.05, 0) is 45.7 Å². The Morgan fingerprint density at radius 2 is 2.22 bits per heavy atom. The minimum Gasteiger partial charge on any atom is -0.487 e. The maximum Gasteiger partial charge on any atom is 0.411 e.